The van der Waals surface area contributed by atoms with Crippen LogP contribution in [0.2, 0.25) is 5.02 Å². The smallest absolute Gasteiger partial charge is 0.137 e. The molecule has 0 aliphatic carbocycles. The highest BCUT2D eigenvalue weighted by Gasteiger charge is 2.13. The molecule has 0 aromatic heterocycles. The molecule has 0 heterocycles. The Kier molecular flexibility index (Phi) is 5.98. The fourth-order valence-corrected chi connectivity index (χ4v) is 1.36. The number of methoxy groups -OCH3 is 1. The molecule has 1 rings (SSSR count). The highest BCUT2D eigenvalue weighted by atomic mass is 35.5. The Hall–Kier alpha value is -0.480. The summed E-state index contributed by atoms with van der Waals surface area (Å²) in [6.45, 7) is 1.64. The van der Waals surface area contributed by atoms with E-state index in [1.165, 1.54) is 0 Å². The van der Waals surface area contributed by atoms with Gasteiger partial charge in [-0.15, -0.1) is 12.4 Å². The van der Waals surface area contributed by atoms with E-state index in [0.717, 1.165) is 5.56 Å². The summed E-state index contributed by atoms with van der Waals surface area (Å²) >= 11 is 5.85. The van der Waals surface area contributed by atoms with Crippen LogP contribution in [-0.2, 0) is 0 Å². The van der Waals surface area contributed by atoms with Gasteiger partial charge >= 0.3 is 0 Å². The lowest BCUT2D eigenvalue weighted by Crippen LogP contribution is -2.23. The molecule has 15 heavy (non-hydrogen) atoms. The van der Waals surface area contributed by atoms with E-state index >= 15 is 0 Å². The number of aliphatic hydroxyl groups is 1. The van der Waals surface area contributed by atoms with Crippen molar-refractivity contribution in [3.63, 3.8) is 0 Å². The molecule has 0 saturated heterocycles. The summed E-state index contributed by atoms with van der Waals surface area (Å²) in [5.74, 6) is 0.570. The molecule has 0 bridgehead atoms. The highest BCUT2D eigenvalue weighted by molar-refractivity contribution is 6.32. The summed E-state index contributed by atoms with van der Waals surface area (Å²) < 4.78 is 5.05. The SMILES string of the molecule is COc1cc([C@@H](N)[C@H](C)O)ccc1Cl.Cl. The topological polar surface area (TPSA) is 55.5 Å². The zero-order valence-electron chi connectivity index (χ0n) is 8.61. The summed E-state index contributed by atoms with van der Waals surface area (Å²) in [6.07, 6.45) is -0.596. The quantitative estimate of drug-likeness (QED) is 0.866. The van der Waals surface area contributed by atoms with Gasteiger partial charge < -0.3 is 15.6 Å². The maximum absolute atomic E-state index is 9.31. The molecule has 0 radical (unpaired) electrons. The fraction of sp³-hybridized carbons (Fsp3) is 0.400. The molecule has 5 heteroatoms. The van der Waals surface area contributed by atoms with Gasteiger partial charge in [0, 0.05) is 0 Å². The van der Waals surface area contributed by atoms with Gasteiger partial charge in [0.1, 0.15) is 5.75 Å². The van der Waals surface area contributed by atoms with Crippen molar-refractivity contribution < 1.29 is 9.84 Å². The Labute approximate surface area is 101 Å². The van der Waals surface area contributed by atoms with E-state index in [1.807, 2.05) is 0 Å². The third kappa shape index (κ3) is 3.54. The maximum Gasteiger partial charge on any atom is 0.137 e. The third-order valence-electron chi connectivity index (χ3n) is 2.08. The normalized spacial score (nSPS) is 13.9. The average molecular weight is 252 g/mol. The second kappa shape index (κ2) is 6.18. The number of aliphatic hydroxyl groups excluding tert-OH is 1. The van der Waals surface area contributed by atoms with Crippen molar-refractivity contribution in [2.24, 2.45) is 5.73 Å². The number of benzene rings is 1. The van der Waals surface area contributed by atoms with E-state index < -0.39 is 12.1 Å². The van der Waals surface area contributed by atoms with Gasteiger partial charge in [-0.25, -0.2) is 0 Å². The second-order valence-electron chi connectivity index (χ2n) is 3.16. The third-order valence-corrected chi connectivity index (χ3v) is 2.39. The molecule has 0 spiro atoms. The molecule has 86 valence electrons. The number of hydrogen-bond acceptors (Lipinski definition) is 3. The standard InChI is InChI=1S/C10H14ClNO2.ClH/c1-6(13)10(12)7-3-4-8(11)9(5-7)14-2;/h3-6,10,13H,12H2,1-2H3;1H/t6-,10-;/m0./s1. The first-order valence-electron chi connectivity index (χ1n) is 4.33. The van der Waals surface area contributed by atoms with E-state index in [4.69, 9.17) is 22.1 Å². The summed E-state index contributed by atoms with van der Waals surface area (Å²) in [4.78, 5) is 0. The van der Waals surface area contributed by atoms with E-state index in [0.29, 0.717) is 10.8 Å². The molecule has 0 aliphatic rings. The zero-order chi connectivity index (χ0) is 10.7. The Morgan fingerprint density at radius 1 is 1.47 bits per heavy atom. The van der Waals surface area contributed by atoms with E-state index in [9.17, 15) is 5.11 Å². The van der Waals surface area contributed by atoms with Crippen molar-refractivity contribution in [2.75, 3.05) is 7.11 Å². The molecule has 0 unspecified atom stereocenters. The maximum atomic E-state index is 9.31. The minimum absolute atomic E-state index is 0. The van der Waals surface area contributed by atoms with Crippen LogP contribution in [0.4, 0.5) is 0 Å². The first-order valence-corrected chi connectivity index (χ1v) is 4.71. The molecule has 0 aliphatic heterocycles. The van der Waals surface area contributed by atoms with Gasteiger partial charge in [0.2, 0.25) is 0 Å². The van der Waals surface area contributed by atoms with Crippen LogP contribution in [0.15, 0.2) is 18.2 Å². The molecular formula is C10H15Cl2NO2. The number of hydrogen-bond donors (Lipinski definition) is 2. The molecule has 3 N–H and O–H groups in total. The molecule has 2 atom stereocenters. The van der Waals surface area contributed by atoms with Crippen LogP contribution in [0.5, 0.6) is 5.75 Å². The first kappa shape index (κ1) is 14.5. The van der Waals surface area contributed by atoms with Crippen molar-refractivity contribution in [1.29, 1.82) is 0 Å². The van der Waals surface area contributed by atoms with Crippen molar-refractivity contribution in [3.05, 3.63) is 28.8 Å². The van der Waals surface area contributed by atoms with E-state index in [-0.39, 0.29) is 12.4 Å². The molecule has 1 aromatic rings. The van der Waals surface area contributed by atoms with Crippen LogP contribution < -0.4 is 10.5 Å². The molecule has 1 aromatic carbocycles. The summed E-state index contributed by atoms with van der Waals surface area (Å²) in [5.41, 5.74) is 6.57. The van der Waals surface area contributed by atoms with Crippen LogP contribution in [0, 0.1) is 0 Å². The lowest BCUT2D eigenvalue weighted by molar-refractivity contribution is 0.164. The van der Waals surface area contributed by atoms with Gasteiger partial charge in [-0.05, 0) is 24.6 Å². The molecule has 0 saturated carbocycles. The molecule has 3 nitrogen and oxygen atoms in total. The Bertz CT molecular complexity index is 318. The number of rotatable bonds is 3. The largest absolute Gasteiger partial charge is 0.495 e. The number of nitrogens with two attached hydrogens (primary N) is 1. The lowest BCUT2D eigenvalue weighted by atomic mass is 10.0. The van der Waals surface area contributed by atoms with Gasteiger partial charge in [-0.3, -0.25) is 0 Å². The second-order valence-corrected chi connectivity index (χ2v) is 3.57. The Morgan fingerprint density at radius 3 is 2.53 bits per heavy atom. The van der Waals surface area contributed by atoms with Crippen molar-refractivity contribution >= 4 is 24.0 Å². The van der Waals surface area contributed by atoms with Gasteiger partial charge in [0.05, 0.1) is 24.3 Å². The lowest BCUT2D eigenvalue weighted by Gasteiger charge is -2.16. The summed E-state index contributed by atoms with van der Waals surface area (Å²) in [5, 5.41) is 9.84. The first-order chi connectivity index (χ1) is 6.56. The summed E-state index contributed by atoms with van der Waals surface area (Å²) in [6, 6.07) is 4.81. The van der Waals surface area contributed by atoms with Crippen molar-refractivity contribution in [2.45, 2.75) is 19.1 Å². The van der Waals surface area contributed by atoms with Gasteiger partial charge in [0.25, 0.3) is 0 Å². The molecular weight excluding hydrogens is 237 g/mol. The number of halogens is 2. The van der Waals surface area contributed by atoms with Crippen molar-refractivity contribution in [3.8, 4) is 5.75 Å². The monoisotopic (exact) mass is 251 g/mol. The molecule has 0 fully saturated rings. The Morgan fingerprint density at radius 2 is 2.07 bits per heavy atom. The van der Waals surface area contributed by atoms with Crippen molar-refractivity contribution in [1.82, 2.24) is 0 Å². The number of ether oxygens (including phenoxy) is 1. The predicted molar refractivity (Wildman–Crippen MR) is 63.9 cm³/mol. The average Bonchev–Trinajstić information content (AvgIpc) is 2.17. The van der Waals surface area contributed by atoms with Gasteiger partial charge in [-0.1, -0.05) is 17.7 Å². The Balaban J connectivity index is 0.00000196. The summed E-state index contributed by atoms with van der Waals surface area (Å²) in [7, 11) is 1.54. The predicted octanol–water partition coefficient (Wildman–Crippen LogP) is 2.15. The van der Waals surface area contributed by atoms with E-state index in [2.05, 4.69) is 0 Å². The molecule has 0 amide bonds. The van der Waals surface area contributed by atoms with Crippen LogP contribution in [0.1, 0.15) is 18.5 Å². The van der Waals surface area contributed by atoms with E-state index in [1.54, 1.807) is 32.2 Å². The van der Waals surface area contributed by atoms with Gasteiger partial charge in [-0.2, -0.15) is 0 Å². The zero-order valence-corrected chi connectivity index (χ0v) is 10.2. The van der Waals surface area contributed by atoms with Crippen LogP contribution in [-0.4, -0.2) is 18.3 Å². The van der Waals surface area contributed by atoms with Crippen LogP contribution in [0.3, 0.4) is 0 Å². The van der Waals surface area contributed by atoms with Crippen LogP contribution >= 0.6 is 24.0 Å². The fourth-order valence-electron chi connectivity index (χ4n) is 1.16. The van der Waals surface area contributed by atoms with Gasteiger partial charge in [0.15, 0.2) is 0 Å². The minimum Gasteiger partial charge on any atom is -0.495 e. The minimum atomic E-state index is -0.596. The highest BCUT2D eigenvalue weighted by Crippen LogP contribution is 2.27. The van der Waals surface area contributed by atoms with Crippen LogP contribution in [0.25, 0.3) is 0 Å².